The third-order valence-corrected chi connectivity index (χ3v) is 9.10. The van der Waals surface area contributed by atoms with Crippen molar-refractivity contribution in [3.8, 4) is 17.6 Å². The number of ether oxygens (including phenoxy) is 1. The van der Waals surface area contributed by atoms with E-state index in [1.54, 1.807) is 28.1 Å². The molecule has 4 aromatic rings. The molecule has 2 aliphatic rings. The summed E-state index contributed by atoms with van der Waals surface area (Å²) in [6.07, 6.45) is 6.63. The lowest BCUT2D eigenvalue weighted by atomic mass is 10.0. The molecule has 0 radical (unpaired) electrons. The van der Waals surface area contributed by atoms with Gasteiger partial charge < -0.3 is 26.0 Å². The van der Waals surface area contributed by atoms with Gasteiger partial charge in [0.05, 0.1) is 22.4 Å². The van der Waals surface area contributed by atoms with Crippen LogP contribution in [0.5, 0.6) is 11.5 Å². The van der Waals surface area contributed by atoms with Gasteiger partial charge in [-0.2, -0.15) is 5.26 Å². The standard InChI is InChI=1S/C22H16N4O3S.C14H23N3O/c1-12-11-14(29-13-5-3-2-4-6-13)7-8-15(12)26-16-9-10-24-21-17(16)18(25-22(26)28)19(30-21)20(23)27;1-4-16-14(2,3)10-12(11-15)13(18)17-8-6-5-7-9-17/h2-11H,1H3,(H2,23,27)(H,25,28);10,16H,4-9H2,1-3H3/b;12-10+. The van der Waals surface area contributed by atoms with Crippen molar-refractivity contribution < 1.29 is 19.1 Å². The highest BCUT2D eigenvalue weighted by Crippen LogP contribution is 2.46. The number of hydrogen-bond acceptors (Lipinski definition) is 8. The number of thiophene rings is 1. The molecule has 2 aromatic carbocycles. The molecule has 48 heavy (non-hydrogen) atoms. The quantitative estimate of drug-likeness (QED) is 0.135. The number of nitrogens with zero attached hydrogens (tertiary/aromatic N) is 4. The largest absolute Gasteiger partial charge is 0.457 e. The number of primary amides is 1. The zero-order valence-corrected chi connectivity index (χ0v) is 28.3. The van der Waals surface area contributed by atoms with Gasteiger partial charge in [0.25, 0.3) is 11.8 Å². The Labute approximate surface area is 284 Å². The lowest BCUT2D eigenvalue weighted by Gasteiger charge is -2.29. The second kappa shape index (κ2) is 14.7. The van der Waals surface area contributed by atoms with Crippen molar-refractivity contribution in [2.45, 2.75) is 52.5 Å². The Balaban J connectivity index is 0.000000216. The highest BCUT2D eigenvalue weighted by molar-refractivity contribution is 7.21. The monoisotopic (exact) mass is 665 g/mol. The summed E-state index contributed by atoms with van der Waals surface area (Å²) in [7, 11) is 0. The van der Waals surface area contributed by atoms with E-state index in [1.165, 1.54) is 17.8 Å². The normalized spacial score (nSPS) is 14.5. The van der Waals surface area contributed by atoms with Crippen molar-refractivity contribution in [2.75, 3.05) is 29.9 Å². The fraction of sp³-hybridized carbons (Fsp3) is 0.306. The summed E-state index contributed by atoms with van der Waals surface area (Å²) >= 11 is 1.17. The van der Waals surface area contributed by atoms with E-state index in [4.69, 9.17) is 15.7 Å². The maximum absolute atomic E-state index is 13.0. The second-order valence-electron chi connectivity index (χ2n) is 12.1. The summed E-state index contributed by atoms with van der Waals surface area (Å²) in [6.45, 7) is 10.2. The molecule has 4 heterocycles. The number of nitriles is 1. The number of benzene rings is 2. The van der Waals surface area contributed by atoms with Gasteiger partial charge >= 0.3 is 6.03 Å². The maximum Gasteiger partial charge on any atom is 0.331 e. The van der Waals surface area contributed by atoms with Crippen LogP contribution < -0.4 is 26.0 Å². The van der Waals surface area contributed by atoms with Gasteiger partial charge in [0, 0.05) is 24.8 Å². The number of likely N-dealkylation sites (N-methyl/N-ethyl adjacent to an activating group) is 1. The van der Waals surface area contributed by atoms with Gasteiger partial charge in [-0.1, -0.05) is 25.1 Å². The van der Waals surface area contributed by atoms with Gasteiger partial charge in [-0.25, -0.2) is 9.78 Å². The molecule has 0 spiro atoms. The first-order valence-electron chi connectivity index (χ1n) is 15.9. The Kier molecular flexibility index (Phi) is 10.4. The van der Waals surface area contributed by atoms with E-state index in [0.29, 0.717) is 37.9 Å². The molecule has 0 unspecified atom stereocenters. The van der Waals surface area contributed by atoms with E-state index in [2.05, 4.69) is 15.6 Å². The number of carbonyl (C=O) groups is 3. The van der Waals surface area contributed by atoms with Crippen molar-refractivity contribution >= 4 is 56.5 Å². The zero-order chi connectivity index (χ0) is 34.4. The Bertz CT molecular complexity index is 1910. The number of hydrogen-bond donors (Lipinski definition) is 3. The van der Waals surface area contributed by atoms with Crippen LogP contribution in [0.1, 0.15) is 55.3 Å². The molecule has 0 saturated carbocycles. The average Bonchev–Trinajstić information content (AvgIpc) is 3.45. The first kappa shape index (κ1) is 34.1. The van der Waals surface area contributed by atoms with Crippen LogP contribution >= 0.6 is 11.3 Å². The Morgan fingerprint density at radius 3 is 2.48 bits per heavy atom. The third kappa shape index (κ3) is 7.48. The summed E-state index contributed by atoms with van der Waals surface area (Å²) in [4.78, 5) is 45.7. The topological polar surface area (TPSA) is 154 Å². The Morgan fingerprint density at radius 1 is 1.10 bits per heavy atom. The van der Waals surface area contributed by atoms with Crippen LogP contribution in [0.3, 0.4) is 0 Å². The third-order valence-electron chi connectivity index (χ3n) is 7.99. The number of pyridine rings is 1. The molecule has 0 bridgehead atoms. The van der Waals surface area contributed by atoms with Crippen molar-refractivity contribution in [1.29, 1.82) is 5.26 Å². The molecular weight excluding hydrogens is 627 g/mol. The average molecular weight is 666 g/mol. The predicted octanol–water partition coefficient (Wildman–Crippen LogP) is 7.02. The van der Waals surface area contributed by atoms with Crippen molar-refractivity contribution in [3.05, 3.63) is 82.9 Å². The van der Waals surface area contributed by atoms with Crippen LogP contribution in [-0.2, 0) is 4.79 Å². The van der Waals surface area contributed by atoms with E-state index in [9.17, 15) is 14.4 Å². The Morgan fingerprint density at radius 2 is 1.83 bits per heavy atom. The molecule has 4 N–H and O–H groups in total. The number of urea groups is 1. The van der Waals surface area contributed by atoms with Gasteiger partial charge in [-0.05, 0) is 94.6 Å². The molecule has 6 rings (SSSR count). The number of aromatic nitrogens is 1. The number of rotatable bonds is 8. The van der Waals surface area contributed by atoms with Gasteiger partial charge in [-0.3, -0.25) is 14.5 Å². The maximum atomic E-state index is 13.0. The molecule has 0 aliphatic carbocycles. The van der Waals surface area contributed by atoms with Crippen molar-refractivity contribution in [3.63, 3.8) is 0 Å². The van der Waals surface area contributed by atoms with Gasteiger partial charge in [0.15, 0.2) is 0 Å². The summed E-state index contributed by atoms with van der Waals surface area (Å²) in [6, 6.07) is 18.5. The van der Waals surface area contributed by atoms with Gasteiger partial charge in [0.2, 0.25) is 0 Å². The molecular formula is C36H39N7O4S. The minimum absolute atomic E-state index is 0.122. The molecule has 11 nitrogen and oxygen atoms in total. The number of nitrogens with two attached hydrogens (primary N) is 1. The van der Waals surface area contributed by atoms with E-state index in [1.807, 2.05) is 82.3 Å². The second-order valence-corrected chi connectivity index (χ2v) is 13.1. The number of anilines is 3. The minimum Gasteiger partial charge on any atom is -0.457 e. The van der Waals surface area contributed by atoms with E-state index >= 15 is 0 Å². The molecule has 4 amide bonds. The minimum atomic E-state index is -0.591. The summed E-state index contributed by atoms with van der Waals surface area (Å²) in [5.74, 6) is 0.694. The fourth-order valence-electron chi connectivity index (χ4n) is 5.84. The van der Waals surface area contributed by atoms with Crippen LogP contribution in [0.2, 0.25) is 0 Å². The van der Waals surface area contributed by atoms with Crippen molar-refractivity contribution in [1.82, 2.24) is 15.2 Å². The van der Waals surface area contributed by atoms with E-state index in [-0.39, 0.29) is 23.1 Å². The smallest absolute Gasteiger partial charge is 0.331 e. The lowest BCUT2D eigenvalue weighted by molar-refractivity contribution is -0.127. The highest BCUT2D eigenvalue weighted by atomic mass is 32.1. The van der Waals surface area contributed by atoms with E-state index < -0.39 is 5.91 Å². The molecule has 12 heteroatoms. The van der Waals surface area contributed by atoms with Gasteiger partial charge in [0.1, 0.15) is 32.8 Å². The number of para-hydroxylation sites is 1. The molecule has 1 fully saturated rings. The zero-order valence-electron chi connectivity index (χ0n) is 27.5. The molecule has 0 atom stereocenters. The van der Waals surface area contributed by atoms with Gasteiger partial charge in [-0.15, -0.1) is 11.3 Å². The Hall–Kier alpha value is -5.25. The highest BCUT2D eigenvalue weighted by Gasteiger charge is 2.33. The number of carbonyl (C=O) groups excluding carboxylic acids is 3. The number of aryl methyl sites for hydroxylation is 1. The number of amides is 4. The van der Waals surface area contributed by atoms with Crippen LogP contribution in [0.25, 0.3) is 10.2 Å². The van der Waals surface area contributed by atoms with Crippen molar-refractivity contribution in [2.24, 2.45) is 5.73 Å². The first-order chi connectivity index (χ1) is 23.0. The summed E-state index contributed by atoms with van der Waals surface area (Å²) < 4.78 is 5.89. The van der Waals surface area contributed by atoms with Crippen LogP contribution in [-0.4, -0.2) is 52.9 Å². The SMILES string of the molecule is CCNC(C)(C)/C=C(\C#N)C(=O)N1CCCCC1.Cc1cc(Oc2ccccc2)ccc1N1C(=O)Nc2c(C(N)=O)sc3nccc1c23. The van der Waals surface area contributed by atoms with Crippen LogP contribution in [0, 0.1) is 18.3 Å². The molecule has 248 valence electrons. The molecule has 2 aromatic heterocycles. The number of piperidine rings is 1. The fourth-order valence-corrected chi connectivity index (χ4v) is 6.81. The molecule has 2 aliphatic heterocycles. The first-order valence-corrected chi connectivity index (χ1v) is 16.7. The van der Waals surface area contributed by atoms with Crippen LogP contribution in [0.4, 0.5) is 21.9 Å². The molecule has 1 saturated heterocycles. The number of likely N-dealkylation sites (tertiary alicyclic amines) is 1. The van der Waals surface area contributed by atoms with E-state index in [0.717, 1.165) is 43.8 Å². The summed E-state index contributed by atoms with van der Waals surface area (Å²) in [5, 5.41) is 15.9. The lowest BCUT2D eigenvalue weighted by Crippen LogP contribution is -2.40. The number of nitrogens with one attached hydrogen (secondary N) is 2. The summed E-state index contributed by atoms with van der Waals surface area (Å²) in [5.41, 5.74) is 8.06. The van der Waals surface area contributed by atoms with Crippen LogP contribution in [0.15, 0.2) is 72.4 Å². The predicted molar refractivity (Wildman–Crippen MR) is 189 cm³/mol.